The smallest absolute Gasteiger partial charge is 0.325 e. The highest BCUT2D eigenvalue weighted by atomic mass is 32.2. The van der Waals surface area contributed by atoms with Crippen LogP contribution in [0.5, 0.6) is 0 Å². The lowest BCUT2D eigenvalue weighted by atomic mass is 10.0. The summed E-state index contributed by atoms with van der Waals surface area (Å²) in [7, 11) is 0. The molecule has 0 amide bonds. The van der Waals surface area contributed by atoms with Gasteiger partial charge in [0.1, 0.15) is 0 Å². The van der Waals surface area contributed by atoms with E-state index >= 15 is 0 Å². The maximum Gasteiger partial charge on any atom is 0.325 e. The first-order valence-corrected chi connectivity index (χ1v) is 11.9. The number of esters is 2. The number of thioether (sulfide) groups is 1. The van der Waals surface area contributed by atoms with E-state index in [1.54, 1.807) is 25.6 Å². The monoisotopic (exact) mass is 445 g/mol. The van der Waals surface area contributed by atoms with Gasteiger partial charge in [-0.3, -0.25) is 19.6 Å². The van der Waals surface area contributed by atoms with Crippen LogP contribution in [-0.4, -0.2) is 49.6 Å². The van der Waals surface area contributed by atoms with Crippen molar-refractivity contribution in [3.63, 3.8) is 0 Å². The highest BCUT2D eigenvalue weighted by Crippen LogP contribution is 2.45. The Morgan fingerprint density at radius 1 is 1.16 bits per heavy atom. The van der Waals surface area contributed by atoms with Gasteiger partial charge in [-0.1, -0.05) is 26.2 Å². The van der Waals surface area contributed by atoms with Gasteiger partial charge in [0.15, 0.2) is 11.1 Å². The Hall–Kier alpha value is -2.35. The number of anilines is 1. The molecule has 2 aliphatic heterocycles. The van der Waals surface area contributed by atoms with Crippen molar-refractivity contribution in [1.29, 1.82) is 0 Å². The van der Waals surface area contributed by atoms with Crippen molar-refractivity contribution >= 4 is 46.5 Å². The molecule has 3 rings (SSSR count). The molecule has 0 spiro atoms. The summed E-state index contributed by atoms with van der Waals surface area (Å²) in [6.45, 7) is 7.66. The van der Waals surface area contributed by atoms with Crippen LogP contribution >= 0.6 is 11.8 Å². The van der Waals surface area contributed by atoms with Crippen molar-refractivity contribution in [2.75, 3.05) is 31.2 Å². The second-order valence-electron chi connectivity index (χ2n) is 7.44. The average Bonchev–Trinajstić information content (AvgIpc) is 3.33. The van der Waals surface area contributed by atoms with E-state index < -0.39 is 17.9 Å². The Morgan fingerprint density at radius 3 is 2.58 bits per heavy atom. The van der Waals surface area contributed by atoms with Gasteiger partial charge in [0.2, 0.25) is 0 Å². The first-order chi connectivity index (χ1) is 15.1. The molecule has 168 valence electrons. The van der Waals surface area contributed by atoms with Gasteiger partial charge in [-0.25, -0.2) is 0 Å². The van der Waals surface area contributed by atoms with Crippen LogP contribution in [0, 0.1) is 5.92 Å². The number of carbonyl (C=O) groups is 2. The second-order valence-corrected chi connectivity index (χ2v) is 8.45. The zero-order valence-corrected chi connectivity index (χ0v) is 19.4. The number of rotatable bonds is 11. The van der Waals surface area contributed by atoms with Crippen LogP contribution in [0.1, 0.15) is 52.0 Å². The number of benzene rings is 1. The summed E-state index contributed by atoms with van der Waals surface area (Å²) in [5, 5.41) is 1.03. The molecule has 1 aromatic rings. The average molecular weight is 446 g/mol. The van der Waals surface area contributed by atoms with Crippen LogP contribution < -0.4 is 4.90 Å². The molecule has 8 heteroatoms. The molecule has 0 radical (unpaired) electrons. The summed E-state index contributed by atoms with van der Waals surface area (Å²) in [6, 6.07) is 4.23. The highest BCUT2D eigenvalue weighted by molar-refractivity contribution is 8.14. The van der Waals surface area contributed by atoms with Crippen LogP contribution in [0.3, 0.4) is 0 Å². The van der Waals surface area contributed by atoms with Crippen molar-refractivity contribution in [1.82, 2.24) is 0 Å². The van der Waals surface area contributed by atoms with E-state index in [9.17, 15) is 9.59 Å². The minimum Gasteiger partial charge on any atom is -0.465 e. The van der Waals surface area contributed by atoms with E-state index in [0.29, 0.717) is 0 Å². The summed E-state index contributed by atoms with van der Waals surface area (Å²) in [6.07, 6.45) is 6.89. The Morgan fingerprint density at radius 2 is 1.90 bits per heavy atom. The van der Waals surface area contributed by atoms with E-state index in [1.165, 1.54) is 24.0 Å². The van der Waals surface area contributed by atoms with Crippen molar-refractivity contribution in [3.8, 4) is 0 Å². The van der Waals surface area contributed by atoms with Gasteiger partial charge in [-0.05, 0) is 56.1 Å². The quantitative estimate of drug-likeness (QED) is 0.215. The second kappa shape index (κ2) is 11.3. The van der Waals surface area contributed by atoms with Gasteiger partial charge < -0.3 is 14.4 Å². The van der Waals surface area contributed by atoms with Crippen molar-refractivity contribution < 1.29 is 19.1 Å². The lowest BCUT2D eigenvalue weighted by Crippen LogP contribution is -2.29. The lowest BCUT2D eigenvalue weighted by molar-refractivity contribution is -0.157. The summed E-state index contributed by atoms with van der Waals surface area (Å²) in [5.41, 5.74) is 2.99. The zero-order chi connectivity index (χ0) is 22.2. The molecule has 0 N–H and O–H groups in total. The standard InChI is InChI=1S/C23H31N3O4S/c1-4-7-8-9-10-16-13-20-19(26-12-11-24-23(26)31-20)14-18(16)25-15-17(21(27)29-5-2)22(28)30-6-3/h13-15,17H,4-12H2,1-3H3. The van der Waals surface area contributed by atoms with Crippen molar-refractivity contribution in [3.05, 3.63) is 17.7 Å². The third-order valence-electron chi connectivity index (χ3n) is 5.20. The molecule has 0 fully saturated rings. The fraction of sp³-hybridized carbons (Fsp3) is 0.565. The molecular formula is C23H31N3O4S. The third-order valence-corrected chi connectivity index (χ3v) is 6.28. The lowest BCUT2D eigenvalue weighted by Gasteiger charge is -2.15. The fourth-order valence-electron chi connectivity index (χ4n) is 3.63. The predicted molar refractivity (Wildman–Crippen MR) is 125 cm³/mol. The molecule has 0 saturated carbocycles. The molecule has 2 heterocycles. The fourth-order valence-corrected chi connectivity index (χ4v) is 4.75. The number of aliphatic imine (C=N–C) groups is 2. The van der Waals surface area contributed by atoms with Crippen LogP contribution in [0.25, 0.3) is 0 Å². The number of hydrogen-bond acceptors (Lipinski definition) is 8. The number of hydrogen-bond donors (Lipinski definition) is 0. The SMILES string of the molecule is CCCCCCc1cc2c(cc1N=CC(C(=O)OCC)C(=O)OCC)N1CCN=C1S2. The van der Waals surface area contributed by atoms with Crippen LogP contribution in [0.15, 0.2) is 27.0 Å². The molecule has 2 aliphatic rings. The number of fused-ring (bicyclic) bond motifs is 3. The van der Waals surface area contributed by atoms with Gasteiger partial charge >= 0.3 is 11.9 Å². The maximum absolute atomic E-state index is 12.3. The Balaban J connectivity index is 1.89. The molecule has 1 aromatic carbocycles. The minimum absolute atomic E-state index is 0.193. The molecule has 7 nitrogen and oxygen atoms in total. The van der Waals surface area contributed by atoms with E-state index in [0.717, 1.165) is 54.5 Å². The first-order valence-electron chi connectivity index (χ1n) is 11.1. The highest BCUT2D eigenvalue weighted by Gasteiger charge is 2.31. The Kier molecular flexibility index (Phi) is 8.51. The largest absolute Gasteiger partial charge is 0.465 e. The van der Waals surface area contributed by atoms with Gasteiger partial charge in [-0.2, -0.15) is 0 Å². The molecule has 0 atom stereocenters. The molecule has 0 saturated heterocycles. The number of ether oxygens (including phenoxy) is 2. The topological polar surface area (TPSA) is 80.6 Å². The number of aryl methyl sites for hydroxylation is 1. The van der Waals surface area contributed by atoms with Crippen molar-refractivity contribution in [2.45, 2.75) is 57.8 Å². The number of carbonyl (C=O) groups excluding carboxylic acids is 2. The predicted octanol–water partition coefficient (Wildman–Crippen LogP) is 4.54. The zero-order valence-electron chi connectivity index (χ0n) is 18.6. The van der Waals surface area contributed by atoms with Gasteiger partial charge in [0, 0.05) is 17.7 Å². The van der Waals surface area contributed by atoms with E-state index in [4.69, 9.17) is 9.47 Å². The Labute approximate surface area is 188 Å². The van der Waals surface area contributed by atoms with E-state index in [1.807, 2.05) is 0 Å². The van der Waals surface area contributed by atoms with Gasteiger partial charge in [-0.15, -0.1) is 0 Å². The molecule has 0 aliphatic carbocycles. The van der Waals surface area contributed by atoms with E-state index in [2.05, 4.69) is 33.9 Å². The number of unbranched alkanes of at least 4 members (excludes halogenated alkanes) is 3. The summed E-state index contributed by atoms with van der Waals surface area (Å²) < 4.78 is 10.1. The first kappa shape index (κ1) is 23.3. The summed E-state index contributed by atoms with van der Waals surface area (Å²) in [5.74, 6) is -2.45. The molecule has 0 bridgehead atoms. The third kappa shape index (κ3) is 5.67. The van der Waals surface area contributed by atoms with E-state index in [-0.39, 0.29) is 13.2 Å². The van der Waals surface area contributed by atoms with Gasteiger partial charge in [0.05, 0.1) is 31.1 Å². The molecule has 0 unspecified atom stereocenters. The minimum atomic E-state index is -1.17. The maximum atomic E-state index is 12.3. The Bertz CT molecular complexity index is 851. The van der Waals surface area contributed by atoms with Gasteiger partial charge in [0.25, 0.3) is 0 Å². The summed E-state index contributed by atoms with van der Waals surface area (Å²) in [4.78, 5) is 37.2. The number of amidine groups is 1. The van der Waals surface area contributed by atoms with Crippen molar-refractivity contribution in [2.24, 2.45) is 15.9 Å². The van der Waals surface area contributed by atoms with Crippen LogP contribution in [0.2, 0.25) is 0 Å². The number of nitrogens with zero attached hydrogens (tertiary/aromatic N) is 3. The molecule has 0 aromatic heterocycles. The summed E-state index contributed by atoms with van der Waals surface area (Å²) >= 11 is 1.70. The normalized spacial score (nSPS) is 14.7. The van der Waals surface area contributed by atoms with Crippen LogP contribution in [0.4, 0.5) is 11.4 Å². The molecular weight excluding hydrogens is 414 g/mol. The van der Waals surface area contributed by atoms with Crippen LogP contribution in [-0.2, 0) is 25.5 Å². The molecule has 31 heavy (non-hydrogen) atoms.